The van der Waals surface area contributed by atoms with E-state index in [9.17, 15) is 0 Å². The van der Waals surface area contributed by atoms with Gasteiger partial charge in [-0.1, -0.05) is 19.4 Å². The zero-order valence-corrected chi connectivity index (χ0v) is 14.0. The molecular formula is C15H30O3Si. The molecule has 0 radical (unpaired) electrons. The molecule has 19 heavy (non-hydrogen) atoms. The van der Waals surface area contributed by atoms with Crippen molar-refractivity contribution < 1.29 is 13.6 Å². The third-order valence-electron chi connectivity index (χ3n) is 4.23. The molecule has 0 amide bonds. The van der Waals surface area contributed by atoms with Crippen molar-refractivity contribution >= 4 is 8.56 Å². The van der Waals surface area contributed by atoms with Crippen molar-refractivity contribution in [3.63, 3.8) is 0 Å². The first-order chi connectivity index (χ1) is 9.16. The van der Waals surface area contributed by atoms with Crippen LogP contribution < -0.4 is 0 Å². The van der Waals surface area contributed by atoms with Crippen molar-refractivity contribution in [2.24, 2.45) is 5.92 Å². The van der Waals surface area contributed by atoms with Crippen molar-refractivity contribution in [3.8, 4) is 0 Å². The highest BCUT2D eigenvalue weighted by Gasteiger charge is 2.62. The molecule has 112 valence electrons. The van der Waals surface area contributed by atoms with E-state index in [-0.39, 0.29) is 5.22 Å². The Kier molecular flexibility index (Phi) is 6.73. The van der Waals surface area contributed by atoms with Gasteiger partial charge in [0.2, 0.25) is 0 Å². The molecule has 0 saturated carbocycles. The average molecular weight is 286 g/mol. The molecule has 0 aromatic carbocycles. The Labute approximate surface area is 119 Å². The number of rotatable bonds is 8. The molecule has 0 N–H and O–H groups in total. The Balaban J connectivity index is 3.22. The summed E-state index contributed by atoms with van der Waals surface area (Å²) >= 11 is 0. The van der Waals surface area contributed by atoms with Gasteiger partial charge in [0.25, 0.3) is 0 Å². The van der Waals surface area contributed by atoms with Crippen LogP contribution in [-0.2, 0) is 13.6 Å². The highest BCUT2D eigenvalue weighted by Crippen LogP contribution is 2.47. The molecule has 1 rings (SSSR count). The largest absolute Gasteiger partial charge is 0.393 e. The highest BCUT2D eigenvalue weighted by molar-refractivity contribution is 6.71. The molecule has 2 unspecified atom stereocenters. The third kappa shape index (κ3) is 2.97. The first kappa shape index (κ1) is 16.9. The van der Waals surface area contributed by atoms with E-state index in [4.69, 9.17) is 13.6 Å². The maximum atomic E-state index is 6.28. The molecule has 2 atom stereocenters. The molecule has 1 aliphatic rings. The van der Waals surface area contributed by atoms with Crippen LogP contribution in [-0.4, -0.2) is 33.6 Å². The van der Waals surface area contributed by atoms with Gasteiger partial charge in [-0.15, -0.1) is 6.58 Å². The molecule has 1 heterocycles. The van der Waals surface area contributed by atoms with Gasteiger partial charge in [-0.2, -0.15) is 0 Å². The molecule has 0 aromatic heterocycles. The lowest BCUT2D eigenvalue weighted by molar-refractivity contribution is -0.0646. The van der Waals surface area contributed by atoms with Crippen LogP contribution >= 0.6 is 0 Å². The summed E-state index contributed by atoms with van der Waals surface area (Å²) in [5, 5.41) is -0.270. The van der Waals surface area contributed by atoms with E-state index in [1.807, 2.05) is 0 Å². The second kappa shape index (κ2) is 7.57. The summed E-state index contributed by atoms with van der Waals surface area (Å²) < 4.78 is 18.8. The standard InChI is InChI=1S/C15H30O3Si/c1-6-14-12-11-13-19(17-9-4,18-10-5)15(14,7-2)16-8-3/h6,14H,1,7-13H2,2-5H3. The molecule has 1 saturated heterocycles. The number of hydrogen-bond acceptors (Lipinski definition) is 3. The van der Waals surface area contributed by atoms with Gasteiger partial charge in [-0.3, -0.25) is 0 Å². The third-order valence-corrected chi connectivity index (χ3v) is 8.91. The topological polar surface area (TPSA) is 27.7 Å². The van der Waals surface area contributed by atoms with Crippen LogP contribution in [0.2, 0.25) is 6.04 Å². The number of hydrogen-bond donors (Lipinski definition) is 0. The molecule has 3 nitrogen and oxygen atoms in total. The minimum Gasteiger partial charge on any atom is -0.393 e. The Morgan fingerprint density at radius 3 is 2.21 bits per heavy atom. The molecular weight excluding hydrogens is 256 g/mol. The lowest BCUT2D eigenvalue weighted by Gasteiger charge is -2.52. The zero-order valence-electron chi connectivity index (χ0n) is 13.0. The summed E-state index contributed by atoms with van der Waals surface area (Å²) in [5.74, 6) is 0.343. The summed E-state index contributed by atoms with van der Waals surface area (Å²) in [6.07, 6.45) is 5.27. The van der Waals surface area contributed by atoms with Crippen molar-refractivity contribution in [1.82, 2.24) is 0 Å². The van der Waals surface area contributed by atoms with Crippen molar-refractivity contribution in [2.75, 3.05) is 19.8 Å². The molecule has 0 bridgehead atoms. The Morgan fingerprint density at radius 2 is 1.79 bits per heavy atom. The predicted molar refractivity (Wildman–Crippen MR) is 81.4 cm³/mol. The fraction of sp³-hybridized carbons (Fsp3) is 0.867. The van der Waals surface area contributed by atoms with E-state index in [1.54, 1.807) is 0 Å². The summed E-state index contributed by atoms with van der Waals surface area (Å²) in [6, 6.07) is 1.03. The van der Waals surface area contributed by atoms with Gasteiger partial charge >= 0.3 is 8.56 Å². The van der Waals surface area contributed by atoms with E-state index in [2.05, 4.69) is 40.3 Å². The van der Waals surface area contributed by atoms with Crippen molar-refractivity contribution in [1.29, 1.82) is 0 Å². The smallest absolute Gasteiger partial charge is 0.371 e. The van der Waals surface area contributed by atoms with Gasteiger partial charge < -0.3 is 13.6 Å². The van der Waals surface area contributed by atoms with E-state index in [0.29, 0.717) is 25.7 Å². The molecule has 4 heteroatoms. The Bertz CT molecular complexity index is 271. The quantitative estimate of drug-likeness (QED) is 0.501. The molecule has 1 aliphatic heterocycles. The molecule has 1 fully saturated rings. The van der Waals surface area contributed by atoms with Crippen molar-refractivity contribution in [3.05, 3.63) is 12.7 Å². The predicted octanol–water partition coefficient (Wildman–Crippen LogP) is 3.82. The summed E-state index contributed by atoms with van der Waals surface area (Å²) in [6.45, 7) is 14.5. The first-order valence-electron chi connectivity index (χ1n) is 7.70. The van der Waals surface area contributed by atoms with Gasteiger partial charge in [0, 0.05) is 25.7 Å². The van der Waals surface area contributed by atoms with Crippen LogP contribution in [0.5, 0.6) is 0 Å². The fourth-order valence-electron chi connectivity index (χ4n) is 3.59. The number of ether oxygens (including phenoxy) is 1. The van der Waals surface area contributed by atoms with Gasteiger partial charge in [0.1, 0.15) is 5.22 Å². The minimum absolute atomic E-state index is 0.270. The van der Waals surface area contributed by atoms with Gasteiger partial charge in [0.05, 0.1) is 0 Å². The molecule has 0 aliphatic carbocycles. The monoisotopic (exact) mass is 286 g/mol. The van der Waals surface area contributed by atoms with E-state index < -0.39 is 8.56 Å². The lowest BCUT2D eigenvalue weighted by Crippen LogP contribution is -2.69. The van der Waals surface area contributed by atoms with Crippen LogP contribution in [0, 0.1) is 5.92 Å². The first-order valence-corrected chi connectivity index (χ1v) is 9.73. The SMILES string of the molecule is C=CC1CCC[Si](OCC)(OCC)C1(CC)OCC. The minimum atomic E-state index is -2.36. The molecule has 0 aromatic rings. The van der Waals surface area contributed by atoms with E-state index >= 15 is 0 Å². The zero-order chi connectivity index (χ0) is 14.4. The van der Waals surface area contributed by atoms with E-state index in [1.165, 1.54) is 0 Å². The van der Waals surface area contributed by atoms with Crippen LogP contribution in [0.1, 0.15) is 47.0 Å². The van der Waals surface area contributed by atoms with Gasteiger partial charge in [-0.05, 0) is 39.7 Å². The average Bonchev–Trinajstić information content (AvgIpc) is 2.41. The summed E-state index contributed by atoms with van der Waals surface area (Å²) in [4.78, 5) is 0. The lowest BCUT2D eigenvalue weighted by atomic mass is 9.93. The van der Waals surface area contributed by atoms with Crippen LogP contribution in [0.15, 0.2) is 12.7 Å². The van der Waals surface area contributed by atoms with E-state index in [0.717, 1.165) is 25.3 Å². The normalized spacial score (nSPS) is 30.2. The van der Waals surface area contributed by atoms with Gasteiger partial charge in [-0.25, -0.2) is 0 Å². The summed E-state index contributed by atoms with van der Waals surface area (Å²) in [5.41, 5.74) is 0. The highest BCUT2D eigenvalue weighted by atomic mass is 28.4. The van der Waals surface area contributed by atoms with Crippen LogP contribution in [0.4, 0.5) is 0 Å². The van der Waals surface area contributed by atoms with Crippen LogP contribution in [0.25, 0.3) is 0 Å². The second-order valence-electron chi connectivity index (χ2n) is 5.03. The fourth-order valence-corrected chi connectivity index (χ4v) is 8.21. The molecule has 0 spiro atoms. The Morgan fingerprint density at radius 1 is 1.16 bits per heavy atom. The second-order valence-corrected chi connectivity index (χ2v) is 8.46. The van der Waals surface area contributed by atoms with Gasteiger partial charge in [0.15, 0.2) is 0 Å². The summed E-state index contributed by atoms with van der Waals surface area (Å²) in [7, 11) is -2.36. The maximum Gasteiger partial charge on any atom is 0.371 e. The van der Waals surface area contributed by atoms with Crippen LogP contribution in [0.3, 0.4) is 0 Å². The Hall–Kier alpha value is -0.163. The maximum absolute atomic E-state index is 6.28. The van der Waals surface area contributed by atoms with Crippen molar-refractivity contribution in [2.45, 2.75) is 58.2 Å².